The van der Waals surface area contributed by atoms with Gasteiger partial charge in [0.2, 0.25) is 0 Å². The second kappa shape index (κ2) is 7.52. The Hall–Kier alpha value is -2.27. The van der Waals surface area contributed by atoms with E-state index < -0.39 is 37.0 Å². The van der Waals surface area contributed by atoms with Gasteiger partial charge in [-0.2, -0.15) is 0 Å². The molecule has 0 amide bonds. The first-order valence-corrected chi connectivity index (χ1v) is 9.46. The monoisotopic (exact) mass is 403 g/mol. The van der Waals surface area contributed by atoms with Crippen molar-refractivity contribution in [1.82, 2.24) is 9.47 Å². The summed E-state index contributed by atoms with van der Waals surface area (Å²) in [6, 6.07) is 12.6. The molecule has 29 heavy (non-hydrogen) atoms. The van der Waals surface area contributed by atoms with Crippen LogP contribution < -0.4 is 10.9 Å². The summed E-state index contributed by atoms with van der Waals surface area (Å²) in [5, 5.41) is 43.9. The second-order valence-electron chi connectivity index (χ2n) is 7.69. The Morgan fingerprint density at radius 1 is 1.21 bits per heavy atom. The number of aromatic nitrogens is 1. The zero-order valence-electron chi connectivity index (χ0n) is 16.0. The van der Waals surface area contributed by atoms with Crippen molar-refractivity contribution in [3.63, 3.8) is 0 Å². The number of rotatable bonds is 4. The molecule has 9 heteroatoms. The highest BCUT2D eigenvalue weighted by Crippen LogP contribution is 2.36. The first-order chi connectivity index (χ1) is 13.8. The van der Waals surface area contributed by atoms with Gasteiger partial charge >= 0.3 is 0 Å². The Balaban J connectivity index is 1.65. The van der Waals surface area contributed by atoms with E-state index in [1.807, 2.05) is 30.3 Å². The summed E-state index contributed by atoms with van der Waals surface area (Å²) in [4.78, 5) is 13.9. The Labute approximate surface area is 167 Å². The zero-order chi connectivity index (χ0) is 20.8. The van der Waals surface area contributed by atoms with Crippen LogP contribution in [0.4, 0.5) is 5.82 Å². The van der Waals surface area contributed by atoms with Gasteiger partial charge in [0.1, 0.15) is 29.9 Å². The van der Waals surface area contributed by atoms with Crippen LogP contribution >= 0.6 is 0 Å². The number of hydrogen-bond donors (Lipinski definition) is 5. The number of aliphatic hydroxyl groups is 4. The molecule has 0 spiro atoms. The molecule has 1 aromatic carbocycles. The third-order valence-electron chi connectivity index (χ3n) is 5.62. The number of hydrogen-bond acceptors (Lipinski definition) is 8. The topological polar surface area (TPSA) is 127 Å². The van der Waals surface area contributed by atoms with Crippen LogP contribution in [0.5, 0.6) is 0 Å². The van der Waals surface area contributed by atoms with E-state index >= 15 is 0 Å². The molecule has 3 heterocycles. The average Bonchev–Trinajstić information content (AvgIpc) is 2.94. The van der Waals surface area contributed by atoms with E-state index in [1.54, 1.807) is 10.6 Å². The lowest BCUT2D eigenvalue weighted by atomic mass is 9.95. The lowest BCUT2D eigenvalue weighted by molar-refractivity contribution is -0.181. The highest BCUT2D eigenvalue weighted by molar-refractivity contribution is 5.48. The fourth-order valence-corrected chi connectivity index (χ4v) is 4.00. The van der Waals surface area contributed by atoms with Crippen molar-refractivity contribution in [3.8, 4) is 0 Å². The molecule has 2 aliphatic heterocycles. The van der Waals surface area contributed by atoms with E-state index in [0.717, 1.165) is 11.1 Å². The molecule has 0 aliphatic carbocycles. The Kier molecular flexibility index (Phi) is 5.19. The number of benzene rings is 1. The summed E-state index contributed by atoms with van der Waals surface area (Å²) < 4.78 is 7.17. The number of nitrogens with one attached hydrogen (secondary N) is 1. The van der Waals surface area contributed by atoms with Gasteiger partial charge in [0.15, 0.2) is 6.35 Å². The molecule has 1 fully saturated rings. The van der Waals surface area contributed by atoms with E-state index in [-0.39, 0.29) is 12.1 Å². The molecule has 0 saturated carbocycles. The van der Waals surface area contributed by atoms with E-state index in [1.165, 1.54) is 17.9 Å². The molecule has 1 unspecified atom stereocenters. The van der Waals surface area contributed by atoms with Gasteiger partial charge in [-0.3, -0.25) is 9.36 Å². The maximum absolute atomic E-state index is 12.5. The molecule has 5 atom stereocenters. The molecule has 0 bridgehead atoms. The van der Waals surface area contributed by atoms with Crippen LogP contribution in [0.15, 0.2) is 47.3 Å². The second-order valence-corrected chi connectivity index (χ2v) is 7.69. The number of nitrogens with zero attached hydrogens (tertiary/aromatic N) is 2. The Bertz CT molecular complexity index is 932. The van der Waals surface area contributed by atoms with Crippen LogP contribution in [-0.2, 0) is 17.8 Å². The molecule has 9 nitrogen and oxygen atoms in total. The van der Waals surface area contributed by atoms with Crippen LogP contribution in [-0.4, -0.2) is 66.9 Å². The number of anilines is 1. The normalized spacial score (nSPS) is 32.0. The number of fused-ring (bicyclic) bond motifs is 1. The summed E-state index contributed by atoms with van der Waals surface area (Å²) in [5.41, 5.74) is -0.239. The van der Waals surface area contributed by atoms with Gasteiger partial charge in [0, 0.05) is 18.2 Å². The summed E-state index contributed by atoms with van der Waals surface area (Å²) in [5.74, 6) is 0.488. The Morgan fingerprint density at radius 3 is 2.59 bits per heavy atom. The van der Waals surface area contributed by atoms with Gasteiger partial charge in [-0.1, -0.05) is 30.3 Å². The van der Waals surface area contributed by atoms with Crippen LogP contribution in [0.1, 0.15) is 18.1 Å². The summed E-state index contributed by atoms with van der Waals surface area (Å²) in [6.45, 7) is 1.45. The molecular weight excluding hydrogens is 378 g/mol. The maximum Gasteiger partial charge on any atom is 0.252 e. The van der Waals surface area contributed by atoms with Crippen molar-refractivity contribution >= 4 is 5.82 Å². The third-order valence-corrected chi connectivity index (χ3v) is 5.62. The zero-order valence-corrected chi connectivity index (χ0v) is 16.0. The quantitative estimate of drug-likeness (QED) is 0.450. The highest BCUT2D eigenvalue weighted by Gasteiger charge is 2.55. The lowest BCUT2D eigenvalue weighted by Crippen LogP contribution is -2.59. The number of ether oxygens (including phenoxy) is 1. The standard InChI is InChI=1S/C20H25N3O6/c1-20(28)16(26)14(11-24)29-18(20)23-10-13-7-8-15(25)22(17(13)21-19(23)27)9-12-5-3-2-4-6-12/h2-8,14,16,18-19,21,24,26-28H,9-11H2,1H3/t14-,16-,18-,19?,20-/m1/s1. The van der Waals surface area contributed by atoms with E-state index in [9.17, 15) is 25.2 Å². The summed E-state index contributed by atoms with van der Waals surface area (Å²) in [7, 11) is 0. The molecular formula is C20H25N3O6. The molecule has 2 aromatic rings. The first-order valence-electron chi connectivity index (χ1n) is 9.46. The fourth-order valence-electron chi connectivity index (χ4n) is 4.00. The average molecular weight is 403 g/mol. The maximum atomic E-state index is 12.5. The molecule has 2 aliphatic rings. The number of pyridine rings is 1. The molecule has 156 valence electrons. The van der Waals surface area contributed by atoms with Gasteiger partial charge in [0.05, 0.1) is 13.2 Å². The minimum Gasteiger partial charge on any atom is -0.394 e. The van der Waals surface area contributed by atoms with E-state index in [2.05, 4.69) is 5.32 Å². The van der Waals surface area contributed by atoms with Gasteiger partial charge < -0.3 is 30.5 Å². The molecule has 0 radical (unpaired) electrons. The fraction of sp³-hybridized carbons (Fsp3) is 0.450. The van der Waals surface area contributed by atoms with Crippen molar-refractivity contribution in [3.05, 3.63) is 63.9 Å². The summed E-state index contributed by atoms with van der Waals surface area (Å²) in [6.07, 6.45) is -4.60. The lowest BCUT2D eigenvalue weighted by Gasteiger charge is -2.42. The van der Waals surface area contributed by atoms with Crippen LogP contribution in [0.2, 0.25) is 0 Å². The van der Waals surface area contributed by atoms with Crippen molar-refractivity contribution < 1.29 is 25.2 Å². The number of aliphatic hydroxyl groups excluding tert-OH is 3. The highest BCUT2D eigenvalue weighted by atomic mass is 16.6. The van der Waals surface area contributed by atoms with Gasteiger partial charge in [0.25, 0.3) is 5.56 Å². The van der Waals surface area contributed by atoms with Crippen LogP contribution in [0, 0.1) is 0 Å². The van der Waals surface area contributed by atoms with Crippen molar-refractivity contribution in [2.24, 2.45) is 0 Å². The third kappa shape index (κ3) is 3.46. The van der Waals surface area contributed by atoms with Crippen LogP contribution in [0.25, 0.3) is 0 Å². The van der Waals surface area contributed by atoms with Crippen molar-refractivity contribution in [2.75, 3.05) is 11.9 Å². The molecule has 5 N–H and O–H groups in total. The molecule has 4 rings (SSSR count). The summed E-state index contributed by atoms with van der Waals surface area (Å²) >= 11 is 0. The largest absolute Gasteiger partial charge is 0.394 e. The van der Waals surface area contributed by atoms with Crippen molar-refractivity contribution in [1.29, 1.82) is 0 Å². The van der Waals surface area contributed by atoms with Crippen LogP contribution in [0.3, 0.4) is 0 Å². The molecule has 1 saturated heterocycles. The predicted molar refractivity (Wildman–Crippen MR) is 104 cm³/mol. The minimum atomic E-state index is -1.70. The van der Waals surface area contributed by atoms with Gasteiger partial charge in [-0.05, 0) is 18.6 Å². The minimum absolute atomic E-state index is 0.171. The smallest absolute Gasteiger partial charge is 0.252 e. The first kappa shape index (κ1) is 20.0. The SMILES string of the molecule is C[C@@]1(O)[C@H](O)[C@@H](CO)O[C@H]1N1Cc2ccc(=O)n(Cc3ccccc3)c2NC1O. The van der Waals surface area contributed by atoms with Gasteiger partial charge in [-0.15, -0.1) is 0 Å². The van der Waals surface area contributed by atoms with E-state index in [4.69, 9.17) is 4.74 Å². The van der Waals surface area contributed by atoms with Crippen molar-refractivity contribution in [2.45, 2.75) is 50.4 Å². The van der Waals surface area contributed by atoms with E-state index in [0.29, 0.717) is 12.4 Å². The van der Waals surface area contributed by atoms with Gasteiger partial charge in [-0.25, -0.2) is 4.90 Å². The predicted octanol–water partition coefficient (Wildman–Crippen LogP) is -0.771. The molecule has 1 aromatic heterocycles. The Morgan fingerprint density at radius 2 is 1.93 bits per heavy atom.